The van der Waals surface area contributed by atoms with Gasteiger partial charge in [-0.05, 0) is 46.3 Å². The summed E-state index contributed by atoms with van der Waals surface area (Å²) in [6.45, 7) is 9.11. The molecule has 1 aromatic rings. The standard InChI is InChI=1S/C20H30N2O4/c1-14(2)21-20(25)22(15(3)4)19(24)12-11-18(16(5)23)26-13-17-9-7-6-8-10-17/h6-12,14-16,18,23H,13H2,1-5H3,(H,21,25)/b12-11+/t16-,18+/m1/s1. The number of carbonyl (C=O) groups is 2. The maximum atomic E-state index is 12.5. The molecule has 3 amide bonds. The first-order chi connectivity index (χ1) is 12.2. The summed E-state index contributed by atoms with van der Waals surface area (Å²) < 4.78 is 5.70. The van der Waals surface area contributed by atoms with E-state index >= 15 is 0 Å². The number of carbonyl (C=O) groups excluding carboxylic acids is 2. The van der Waals surface area contributed by atoms with Gasteiger partial charge in [0.1, 0.15) is 6.10 Å². The largest absolute Gasteiger partial charge is 0.390 e. The van der Waals surface area contributed by atoms with Crippen LogP contribution in [0.4, 0.5) is 4.79 Å². The summed E-state index contributed by atoms with van der Waals surface area (Å²) in [6.07, 6.45) is 1.33. The van der Waals surface area contributed by atoms with Gasteiger partial charge in [-0.1, -0.05) is 30.3 Å². The monoisotopic (exact) mass is 362 g/mol. The molecule has 144 valence electrons. The van der Waals surface area contributed by atoms with E-state index in [0.29, 0.717) is 6.61 Å². The summed E-state index contributed by atoms with van der Waals surface area (Å²) in [5.74, 6) is -0.452. The molecular weight excluding hydrogens is 332 g/mol. The Kier molecular flexibility index (Phi) is 9.02. The molecule has 0 saturated carbocycles. The highest BCUT2D eigenvalue weighted by atomic mass is 16.5. The van der Waals surface area contributed by atoms with Gasteiger partial charge >= 0.3 is 6.03 Å². The maximum Gasteiger partial charge on any atom is 0.324 e. The van der Waals surface area contributed by atoms with Crippen LogP contribution >= 0.6 is 0 Å². The molecule has 0 fully saturated rings. The second-order valence-electron chi connectivity index (χ2n) is 6.77. The maximum absolute atomic E-state index is 12.5. The van der Waals surface area contributed by atoms with E-state index in [0.717, 1.165) is 10.5 Å². The Labute approximate surface area is 155 Å². The fraction of sp³-hybridized carbons (Fsp3) is 0.500. The van der Waals surface area contributed by atoms with Crippen LogP contribution in [0.5, 0.6) is 0 Å². The van der Waals surface area contributed by atoms with Gasteiger partial charge in [0.2, 0.25) is 0 Å². The number of hydrogen-bond donors (Lipinski definition) is 2. The highest BCUT2D eigenvalue weighted by molar-refractivity contribution is 6.00. The zero-order valence-electron chi connectivity index (χ0n) is 16.2. The first kappa shape index (κ1) is 21.9. The lowest BCUT2D eigenvalue weighted by Gasteiger charge is -2.25. The van der Waals surface area contributed by atoms with Gasteiger partial charge in [-0.3, -0.25) is 9.69 Å². The van der Waals surface area contributed by atoms with Crippen molar-refractivity contribution in [3.05, 3.63) is 48.0 Å². The zero-order valence-corrected chi connectivity index (χ0v) is 16.2. The van der Waals surface area contributed by atoms with Crippen molar-refractivity contribution in [2.24, 2.45) is 0 Å². The number of ether oxygens (including phenoxy) is 1. The molecule has 0 aliphatic heterocycles. The molecule has 0 radical (unpaired) electrons. The molecule has 0 unspecified atom stereocenters. The van der Waals surface area contributed by atoms with Crippen LogP contribution in [0.25, 0.3) is 0 Å². The molecule has 1 aromatic carbocycles. The van der Waals surface area contributed by atoms with Crippen LogP contribution in [0.2, 0.25) is 0 Å². The number of aliphatic hydroxyl groups is 1. The van der Waals surface area contributed by atoms with Gasteiger partial charge in [0, 0.05) is 18.2 Å². The van der Waals surface area contributed by atoms with Crippen molar-refractivity contribution in [1.82, 2.24) is 10.2 Å². The number of amides is 3. The predicted octanol–water partition coefficient (Wildman–Crippen LogP) is 2.86. The van der Waals surface area contributed by atoms with E-state index in [1.807, 2.05) is 44.2 Å². The Balaban J connectivity index is 2.76. The van der Waals surface area contributed by atoms with Crippen LogP contribution in [0.15, 0.2) is 42.5 Å². The van der Waals surface area contributed by atoms with E-state index in [2.05, 4.69) is 5.32 Å². The summed E-state index contributed by atoms with van der Waals surface area (Å²) in [6, 6.07) is 8.77. The van der Waals surface area contributed by atoms with Crippen LogP contribution < -0.4 is 5.32 Å². The zero-order chi connectivity index (χ0) is 19.7. The minimum Gasteiger partial charge on any atom is -0.390 e. The third-order valence-electron chi connectivity index (χ3n) is 3.57. The molecule has 6 nitrogen and oxygen atoms in total. The Hall–Kier alpha value is -2.18. The Morgan fingerprint density at radius 1 is 1.15 bits per heavy atom. The van der Waals surface area contributed by atoms with Gasteiger partial charge < -0.3 is 15.2 Å². The fourth-order valence-corrected chi connectivity index (χ4v) is 2.29. The molecule has 0 bridgehead atoms. The quantitative estimate of drug-likeness (QED) is 0.697. The number of rotatable bonds is 8. The Bertz CT molecular complexity index is 597. The van der Waals surface area contributed by atoms with Gasteiger partial charge in [-0.15, -0.1) is 0 Å². The normalized spacial score (nSPS) is 13.8. The Morgan fingerprint density at radius 3 is 2.27 bits per heavy atom. The Morgan fingerprint density at radius 2 is 1.77 bits per heavy atom. The van der Waals surface area contributed by atoms with Gasteiger partial charge in [-0.25, -0.2) is 4.79 Å². The summed E-state index contributed by atoms with van der Waals surface area (Å²) in [5.41, 5.74) is 0.970. The second kappa shape index (κ2) is 10.7. The SMILES string of the molecule is CC(C)NC(=O)N(C(=O)/C=C/[C@H](OCc1ccccc1)[C@@H](C)O)C(C)C. The average Bonchev–Trinajstić information content (AvgIpc) is 2.54. The molecule has 0 spiro atoms. The first-order valence-electron chi connectivity index (χ1n) is 8.87. The van der Waals surface area contributed by atoms with Gasteiger partial charge in [0.05, 0.1) is 12.7 Å². The average molecular weight is 362 g/mol. The number of hydrogen-bond acceptors (Lipinski definition) is 4. The first-order valence-corrected chi connectivity index (χ1v) is 8.87. The van der Waals surface area contributed by atoms with E-state index < -0.39 is 24.1 Å². The number of nitrogens with one attached hydrogen (secondary N) is 1. The van der Waals surface area contributed by atoms with E-state index in [1.54, 1.807) is 20.8 Å². The highest BCUT2D eigenvalue weighted by Gasteiger charge is 2.23. The molecule has 0 aliphatic rings. The van der Waals surface area contributed by atoms with E-state index in [9.17, 15) is 14.7 Å². The molecule has 2 N–H and O–H groups in total. The smallest absolute Gasteiger partial charge is 0.324 e. The summed E-state index contributed by atoms with van der Waals surface area (Å²) in [5, 5.41) is 12.6. The fourth-order valence-electron chi connectivity index (χ4n) is 2.29. The minimum absolute atomic E-state index is 0.0695. The number of benzene rings is 1. The third-order valence-corrected chi connectivity index (χ3v) is 3.57. The molecule has 0 aromatic heterocycles. The molecular formula is C20H30N2O4. The number of imide groups is 1. The third kappa shape index (κ3) is 7.37. The van der Waals surface area contributed by atoms with E-state index in [4.69, 9.17) is 4.74 Å². The van der Waals surface area contributed by atoms with Crippen molar-refractivity contribution in [2.75, 3.05) is 0 Å². The predicted molar refractivity (Wildman–Crippen MR) is 101 cm³/mol. The van der Waals surface area contributed by atoms with Crippen molar-refractivity contribution in [3.8, 4) is 0 Å². The number of aliphatic hydroxyl groups excluding tert-OH is 1. The minimum atomic E-state index is -0.792. The van der Waals surface area contributed by atoms with Crippen molar-refractivity contribution in [2.45, 2.75) is 65.5 Å². The molecule has 0 saturated heterocycles. The van der Waals surface area contributed by atoms with Crippen molar-refractivity contribution < 1.29 is 19.4 Å². The van der Waals surface area contributed by atoms with Gasteiger partial charge in [-0.2, -0.15) is 0 Å². The summed E-state index contributed by atoms with van der Waals surface area (Å²) in [4.78, 5) is 25.8. The van der Waals surface area contributed by atoms with Gasteiger partial charge in [0.25, 0.3) is 5.91 Å². The topological polar surface area (TPSA) is 78.9 Å². The molecule has 0 aliphatic carbocycles. The van der Waals surface area contributed by atoms with Crippen LogP contribution in [0.1, 0.15) is 40.2 Å². The highest BCUT2D eigenvalue weighted by Crippen LogP contribution is 2.09. The summed E-state index contributed by atoms with van der Waals surface area (Å²) in [7, 11) is 0. The van der Waals surface area contributed by atoms with Crippen molar-refractivity contribution in [3.63, 3.8) is 0 Å². The van der Waals surface area contributed by atoms with Crippen LogP contribution in [0, 0.1) is 0 Å². The lowest BCUT2D eigenvalue weighted by atomic mass is 10.2. The summed E-state index contributed by atoms with van der Waals surface area (Å²) >= 11 is 0. The lowest BCUT2D eigenvalue weighted by molar-refractivity contribution is -0.124. The van der Waals surface area contributed by atoms with Crippen molar-refractivity contribution in [1.29, 1.82) is 0 Å². The van der Waals surface area contributed by atoms with Crippen LogP contribution in [-0.4, -0.2) is 46.2 Å². The van der Waals surface area contributed by atoms with E-state index in [-0.39, 0.29) is 12.1 Å². The number of nitrogens with zero attached hydrogens (tertiary/aromatic N) is 1. The molecule has 0 heterocycles. The molecule has 1 rings (SSSR count). The van der Waals surface area contributed by atoms with Gasteiger partial charge in [0.15, 0.2) is 0 Å². The molecule has 6 heteroatoms. The van der Waals surface area contributed by atoms with Crippen LogP contribution in [0.3, 0.4) is 0 Å². The van der Waals surface area contributed by atoms with Crippen molar-refractivity contribution >= 4 is 11.9 Å². The second-order valence-corrected chi connectivity index (χ2v) is 6.77. The van der Waals surface area contributed by atoms with E-state index in [1.165, 1.54) is 12.2 Å². The number of urea groups is 1. The molecule has 2 atom stereocenters. The lowest BCUT2D eigenvalue weighted by Crippen LogP contribution is -2.49. The van der Waals surface area contributed by atoms with Crippen LogP contribution in [-0.2, 0) is 16.1 Å². The molecule has 26 heavy (non-hydrogen) atoms.